The quantitative estimate of drug-likeness (QED) is 0.333. The van der Waals surface area contributed by atoms with E-state index >= 15 is 0 Å². The van der Waals surface area contributed by atoms with Crippen LogP contribution in [0.2, 0.25) is 0 Å². The van der Waals surface area contributed by atoms with Crippen molar-refractivity contribution >= 4 is 28.9 Å². The highest BCUT2D eigenvalue weighted by atomic mass is 16.6. The lowest BCUT2D eigenvalue weighted by molar-refractivity contribution is 0.0240. The van der Waals surface area contributed by atoms with Gasteiger partial charge in [-0.2, -0.15) is 5.10 Å². The number of nitrogens with one attached hydrogen (secondary N) is 2. The molecule has 0 saturated carbocycles. The molecule has 1 aliphatic rings. The number of nitrogens with zero attached hydrogens (tertiary/aromatic N) is 6. The molecule has 0 radical (unpaired) electrons. The minimum Gasteiger partial charge on any atom is -0.444 e. The summed E-state index contributed by atoms with van der Waals surface area (Å²) in [5.41, 5.74) is 3.63. The third-order valence-electron chi connectivity index (χ3n) is 7.51. The minimum absolute atomic E-state index is 0.00854. The van der Waals surface area contributed by atoms with Crippen LogP contribution in [0.25, 0.3) is 22.3 Å². The molecule has 5 rings (SSSR count). The molecular weight excluding hydrogens is 560 g/mol. The summed E-state index contributed by atoms with van der Waals surface area (Å²) in [5.74, 6) is 0.379. The summed E-state index contributed by atoms with van der Waals surface area (Å²) in [4.78, 5) is 55.2. The normalized spacial score (nSPS) is 13.9. The molecule has 0 aromatic carbocycles. The van der Waals surface area contributed by atoms with Crippen LogP contribution in [0.15, 0.2) is 41.5 Å². The lowest BCUT2D eigenvalue weighted by Crippen LogP contribution is -2.50. The highest BCUT2D eigenvalue weighted by molar-refractivity contribution is 6.06. The van der Waals surface area contributed by atoms with E-state index in [4.69, 9.17) is 14.7 Å². The van der Waals surface area contributed by atoms with Gasteiger partial charge >= 0.3 is 6.09 Å². The van der Waals surface area contributed by atoms with Crippen LogP contribution in [-0.2, 0) is 11.3 Å². The fourth-order valence-electron chi connectivity index (χ4n) is 5.36. The number of carbonyl (C=O) groups is 2. The number of fused-ring (bicyclic) bond motifs is 1. The van der Waals surface area contributed by atoms with Crippen molar-refractivity contribution in [1.82, 2.24) is 34.9 Å². The summed E-state index contributed by atoms with van der Waals surface area (Å²) >= 11 is 0. The minimum atomic E-state index is -0.562. The van der Waals surface area contributed by atoms with Crippen LogP contribution in [0.1, 0.15) is 67.8 Å². The number of piperazine rings is 1. The first-order valence-corrected chi connectivity index (χ1v) is 14.9. The summed E-state index contributed by atoms with van der Waals surface area (Å²) in [6.45, 7) is 15.4. The lowest BCUT2D eigenvalue weighted by atomic mass is 10.1. The number of H-pyrrole nitrogens is 1. The Morgan fingerprint density at radius 2 is 1.84 bits per heavy atom. The molecule has 2 amide bonds. The molecule has 1 saturated heterocycles. The third kappa shape index (κ3) is 6.43. The maximum absolute atomic E-state index is 13.7. The van der Waals surface area contributed by atoms with Crippen LogP contribution in [-0.4, -0.2) is 73.4 Å². The van der Waals surface area contributed by atoms with Gasteiger partial charge in [0.2, 0.25) is 0 Å². The van der Waals surface area contributed by atoms with Crippen molar-refractivity contribution < 1.29 is 14.3 Å². The summed E-state index contributed by atoms with van der Waals surface area (Å²) in [7, 11) is 0. The van der Waals surface area contributed by atoms with Crippen LogP contribution in [0.4, 0.5) is 10.6 Å². The number of hydrogen-bond donors (Lipinski definition) is 2. The molecule has 12 nitrogen and oxygen atoms in total. The number of ether oxygens (including phenoxy) is 1. The zero-order chi connectivity index (χ0) is 31.8. The molecule has 2 N–H and O–H groups in total. The monoisotopic (exact) mass is 600 g/mol. The summed E-state index contributed by atoms with van der Waals surface area (Å²) < 4.78 is 7.35. The van der Waals surface area contributed by atoms with Gasteiger partial charge in [-0.05, 0) is 78.3 Å². The van der Waals surface area contributed by atoms with Crippen molar-refractivity contribution in [3.8, 4) is 11.3 Å². The van der Waals surface area contributed by atoms with E-state index in [9.17, 15) is 14.4 Å². The molecule has 4 aromatic heterocycles. The maximum atomic E-state index is 13.7. The van der Waals surface area contributed by atoms with Gasteiger partial charge in [0.25, 0.3) is 11.5 Å². The summed E-state index contributed by atoms with van der Waals surface area (Å²) in [5, 5.41) is 8.09. The number of aromatic amines is 1. The number of rotatable bonds is 6. The van der Waals surface area contributed by atoms with Gasteiger partial charge in [-0.1, -0.05) is 0 Å². The fourth-order valence-corrected chi connectivity index (χ4v) is 5.36. The van der Waals surface area contributed by atoms with Crippen LogP contribution in [0, 0.1) is 13.8 Å². The van der Waals surface area contributed by atoms with Crippen LogP contribution in [0.3, 0.4) is 0 Å². The third-order valence-corrected chi connectivity index (χ3v) is 7.51. The van der Waals surface area contributed by atoms with E-state index in [1.54, 1.807) is 28.0 Å². The van der Waals surface area contributed by atoms with Crippen molar-refractivity contribution in [3.05, 3.63) is 69.4 Å². The molecule has 0 spiro atoms. The van der Waals surface area contributed by atoms with Crippen molar-refractivity contribution in [3.63, 3.8) is 0 Å². The van der Waals surface area contributed by atoms with E-state index in [-0.39, 0.29) is 30.1 Å². The largest absolute Gasteiger partial charge is 0.444 e. The standard InChI is InChI=1S/C32H40N8O4/c1-19(2)40-28-25(18-35-40)23(29(41)34-17-24-20(3)15-21(4)36-30(24)42)16-26(37-28)22-9-8-10-33-27(22)38-11-13-39(14-12-38)31(43)44-32(5,6)7/h8-10,15-16,18-19H,11-14,17H2,1-7H3,(H,34,41)(H,36,42). The number of amides is 2. The van der Waals surface area contributed by atoms with Crippen molar-refractivity contribution in [2.24, 2.45) is 0 Å². The second kappa shape index (κ2) is 12.1. The van der Waals surface area contributed by atoms with E-state index in [1.165, 1.54) is 0 Å². The summed E-state index contributed by atoms with van der Waals surface area (Å²) in [6, 6.07) is 7.43. The molecule has 5 heterocycles. The molecule has 1 aliphatic heterocycles. The van der Waals surface area contributed by atoms with Gasteiger partial charge < -0.3 is 24.8 Å². The number of aryl methyl sites for hydroxylation is 2. The van der Waals surface area contributed by atoms with E-state index in [1.807, 2.05) is 66.7 Å². The van der Waals surface area contributed by atoms with Gasteiger partial charge in [0.1, 0.15) is 11.4 Å². The number of hydrogen-bond acceptors (Lipinski definition) is 8. The molecule has 1 fully saturated rings. The Hall–Kier alpha value is -4.74. The first-order chi connectivity index (χ1) is 20.8. The highest BCUT2D eigenvalue weighted by Crippen LogP contribution is 2.32. The summed E-state index contributed by atoms with van der Waals surface area (Å²) in [6.07, 6.45) is 3.06. The zero-order valence-corrected chi connectivity index (χ0v) is 26.4. The Bertz CT molecular complexity index is 1760. The molecule has 12 heteroatoms. The van der Waals surface area contributed by atoms with Gasteiger partial charge in [0.15, 0.2) is 5.65 Å². The number of carbonyl (C=O) groups excluding carboxylic acids is 2. The van der Waals surface area contributed by atoms with Gasteiger partial charge in [-0.25, -0.2) is 19.4 Å². The Morgan fingerprint density at radius 1 is 1.11 bits per heavy atom. The van der Waals surface area contributed by atoms with E-state index in [0.29, 0.717) is 59.9 Å². The zero-order valence-electron chi connectivity index (χ0n) is 26.4. The SMILES string of the molecule is Cc1cc(C)c(CNC(=O)c2cc(-c3cccnc3N3CCN(C(=O)OC(C)(C)C)CC3)nc3c2cnn3C(C)C)c(=O)[nH]1. The number of anilines is 1. The van der Waals surface area contributed by atoms with Crippen LogP contribution in [0.5, 0.6) is 0 Å². The molecule has 232 valence electrons. The second-order valence-corrected chi connectivity index (χ2v) is 12.4. The first kappa shape index (κ1) is 30.7. The van der Waals surface area contributed by atoms with E-state index in [0.717, 1.165) is 16.8 Å². The Balaban J connectivity index is 1.47. The molecule has 0 atom stereocenters. The van der Waals surface area contributed by atoms with Crippen LogP contribution >= 0.6 is 0 Å². The molecular formula is C32H40N8O4. The second-order valence-electron chi connectivity index (χ2n) is 12.4. The van der Waals surface area contributed by atoms with Crippen molar-refractivity contribution in [2.45, 2.75) is 66.7 Å². The predicted molar refractivity (Wildman–Crippen MR) is 169 cm³/mol. The molecule has 0 unspecified atom stereocenters. The Labute approximate surface area is 256 Å². The topological polar surface area (TPSA) is 138 Å². The predicted octanol–water partition coefficient (Wildman–Crippen LogP) is 4.37. The fraction of sp³-hybridized carbons (Fsp3) is 0.438. The maximum Gasteiger partial charge on any atom is 0.410 e. The Morgan fingerprint density at radius 3 is 2.50 bits per heavy atom. The van der Waals surface area contributed by atoms with Crippen molar-refractivity contribution in [2.75, 3.05) is 31.1 Å². The van der Waals surface area contributed by atoms with Crippen LogP contribution < -0.4 is 15.8 Å². The molecule has 44 heavy (non-hydrogen) atoms. The molecule has 4 aromatic rings. The highest BCUT2D eigenvalue weighted by Gasteiger charge is 2.28. The average Bonchev–Trinajstić information content (AvgIpc) is 3.40. The number of aromatic nitrogens is 5. The molecule has 0 bridgehead atoms. The number of pyridine rings is 3. The van der Waals surface area contributed by atoms with E-state index < -0.39 is 5.60 Å². The smallest absolute Gasteiger partial charge is 0.410 e. The first-order valence-electron chi connectivity index (χ1n) is 14.9. The average molecular weight is 601 g/mol. The van der Waals surface area contributed by atoms with Gasteiger partial charge in [-0.15, -0.1) is 0 Å². The Kier molecular flexibility index (Phi) is 8.44. The lowest BCUT2D eigenvalue weighted by Gasteiger charge is -2.36. The van der Waals surface area contributed by atoms with E-state index in [2.05, 4.69) is 20.3 Å². The van der Waals surface area contributed by atoms with Crippen molar-refractivity contribution in [1.29, 1.82) is 0 Å². The van der Waals surface area contributed by atoms with Gasteiger partial charge in [-0.3, -0.25) is 9.59 Å². The van der Waals surface area contributed by atoms with Gasteiger partial charge in [0, 0.05) is 61.8 Å². The van der Waals surface area contributed by atoms with Gasteiger partial charge in [0.05, 0.1) is 22.8 Å². The molecule has 0 aliphatic carbocycles.